The molecule has 1 aromatic carbocycles. The van der Waals surface area contributed by atoms with Gasteiger partial charge in [0, 0.05) is 32.2 Å². The molecule has 134 valence electrons. The quantitative estimate of drug-likeness (QED) is 0.673. The number of carbonyl (C=O) groups excluding carboxylic acids is 1. The number of rotatable bonds is 6. The van der Waals surface area contributed by atoms with Crippen LogP contribution in [0.4, 0.5) is 0 Å². The third-order valence-corrected chi connectivity index (χ3v) is 5.38. The normalized spacial score (nSPS) is 16.2. The van der Waals surface area contributed by atoms with Crippen molar-refractivity contribution in [3.8, 4) is 5.75 Å². The first-order valence-corrected chi connectivity index (χ1v) is 9.31. The van der Waals surface area contributed by atoms with Gasteiger partial charge in [0.25, 0.3) is 5.91 Å². The highest BCUT2D eigenvalue weighted by molar-refractivity contribution is 6.43. The van der Waals surface area contributed by atoms with Crippen molar-refractivity contribution in [1.29, 1.82) is 0 Å². The summed E-state index contributed by atoms with van der Waals surface area (Å²) in [6, 6.07) is 3.31. The maximum Gasteiger partial charge on any atom is 0.260 e. The molecule has 7 heteroatoms. The summed E-state index contributed by atoms with van der Waals surface area (Å²) >= 11 is 17.9. The molecule has 0 spiro atoms. The third kappa shape index (κ3) is 5.16. The monoisotopic (exact) mass is 392 g/mol. The highest BCUT2D eigenvalue weighted by Gasteiger charge is 2.25. The van der Waals surface area contributed by atoms with Gasteiger partial charge >= 0.3 is 0 Å². The Hall–Kier alpha value is -0.680. The van der Waals surface area contributed by atoms with Crippen LogP contribution in [-0.4, -0.2) is 55.0 Å². The zero-order valence-electron chi connectivity index (χ0n) is 14.0. The fraction of sp³-hybridized carbons (Fsp3) is 0.588. The summed E-state index contributed by atoms with van der Waals surface area (Å²) in [5.41, 5.74) is 0. The molecule has 24 heavy (non-hydrogen) atoms. The number of amides is 1. The first-order chi connectivity index (χ1) is 11.4. The molecule has 1 heterocycles. The number of ether oxygens (including phenoxy) is 1. The second-order valence-corrected chi connectivity index (χ2v) is 7.28. The molecule has 0 aromatic heterocycles. The van der Waals surface area contributed by atoms with Gasteiger partial charge in [-0.2, -0.15) is 0 Å². The number of nitrogens with zero attached hydrogens (tertiary/aromatic N) is 2. The van der Waals surface area contributed by atoms with Crippen molar-refractivity contribution < 1.29 is 9.53 Å². The number of piperidine rings is 1. The summed E-state index contributed by atoms with van der Waals surface area (Å²) < 4.78 is 5.53. The van der Waals surface area contributed by atoms with Gasteiger partial charge in [-0.1, -0.05) is 41.7 Å². The van der Waals surface area contributed by atoms with Crippen LogP contribution in [0, 0.1) is 0 Å². The van der Waals surface area contributed by atoms with E-state index in [0.717, 1.165) is 38.9 Å². The van der Waals surface area contributed by atoms with E-state index in [1.54, 1.807) is 4.90 Å². The lowest BCUT2D eigenvalue weighted by Gasteiger charge is -2.36. The van der Waals surface area contributed by atoms with Gasteiger partial charge in [-0.25, -0.2) is 0 Å². The van der Waals surface area contributed by atoms with E-state index >= 15 is 0 Å². The summed E-state index contributed by atoms with van der Waals surface area (Å²) in [7, 11) is 1.84. The van der Waals surface area contributed by atoms with Crippen molar-refractivity contribution in [3.05, 3.63) is 27.2 Å². The lowest BCUT2D eigenvalue weighted by molar-refractivity contribution is -0.135. The minimum absolute atomic E-state index is 0.0638. The highest BCUT2D eigenvalue weighted by atomic mass is 35.5. The fourth-order valence-corrected chi connectivity index (χ4v) is 3.50. The van der Waals surface area contributed by atoms with Crippen LogP contribution in [0.3, 0.4) is 0 Å². The Labute approximate surface area is 158 Å². The number of hydrogen-bond acceptors (Lipinski definition) is 3. The van der Waals surface area contributed by atoms with Crippen LogP contribution in [0.25, 0.3) is 0 Å². The number of carbonyl (C=O) groups is 1. The predicted molar refractivity (Wildman–Crippen MR) is 99.5 cm³/mol. The molecule has 0 aliphatic carbocycles. The van der Waals surface area contributed by atoms with E-state index in [0.29, 0.717) is 20.8 Å². The molecule has 0 unspecified atom stereocenters. The maximum atomic E-state index is 12.4. The first-order valence-electron chi connectivity index (χ1n) is 8.17. The number of benzene rings is 1. The van der Waals surface area contributed by atoms with Crippen LogP contribution in [0.2, 0.25) is 15.1 Å². The van der Waals surface area contributed by atoms with Gasteiger partial charge in [-0.05, 0) is 31.9 Å². The molecule has 0 radical (unpaired) electrons. The number of likely N-dealkylation sites (N-methyl/N-ethyl adjacent to an activating group) is 1. The van der Waals surface area contributed by atoms with Crippen molar-refractivity contribution in [2.24, 2.45) is 0 Å². The van der Waals surface area contributed by atoms with Gasteiger partial charge in [0.05, 0.1) is 15.1 Å². The van der Waals surface area contributed by atoms with E-state index in [1.165, 1.54) is 12.1 Å². The van der Waals surface area contributed by atoms with Crippen molar-refractivity contribution in [2.45, 2.75) is 32.2 Å². The van der Waals surface area contributed by atoms with Crippen molar-refractivity contribution in [2.75, 3.05) is 33.3 Å². The summed E-state index contributed by atoms with van der Waals surface area (Å²) in [5.74, 6) is 0.302. The number of likely N-dealkylation sites (tertiary alicyclic amines) is 1. The molecule has 1 aliphatic heterocycles. The van der Waals surface area contributed by atoms with Gasteiger partial charge in [0.1, 0.15) is 5.75 Å². The van der Waals surface area contributed by atoms with Crippen molar-refractivity contribution >= 4 is 40.7 Å². The second kappa shape index (κ2) is 9.14. The Bertz CT molecular complexity index is 575. The first kappa shape index (κ1) is 19.6. The smallest absolute Gasteiger partial charge is 0.260 e. The third-order valence-electron chi connectivity index (χ3n) is 4.36. The fourth-order valence-electron chi connectivity index (χ4n) is 2.91. The molecule has 1 fully saturated rings. The van der Waals surface area contributed by atoms with Gasteiger partial charge in [0.15, 0.2) is 6.61 Å². The molecular formula is C17H23Cl3N2O2. The Kier molecular flexibility index (Phi) is 7.48. The van der Waals surface area contributed by atoms with Crippen LogP contribution in [-0.2, 0) is 4.79 Å². The molecule has 1 saturated heterocycles. The van der Waals surface area contributed by atoms with Gasteiger partial charge < -0.3 is 14.5 Å². The van der Waals surface area contributed by atoms with E-state index in [4.69, 9.17) is 39.5 Å². The minimum Gasteiger partial charge on any atom is -0.482 e. The van der Waals surface area contributed by atoms with Crippen LogP contribution in [0.1, 0.15) is 26.2 Å². The molecule has 0 atom stereocenters. The van der Waals surface area contributed by atoms with E-state index in [-0.39, 0.29) is 18.6 Å². The lowest BCUT2D eigenvalue weighted by Crippen LogP contribution is -2.47. The summed E-state index contributed by atoms with van der Waals surface area (Å²) in [6.45, 7) is 5.32. The summed E-state index contributed by atoms with van der Waals surface area (Å²) in [5, 5.41) is 1.05. The van der Waals surface area contributed by atoms with Crippen LogP contribution >= 0.6 is 34.8 Å². The number of hydrogen-bond donors (Lipinski definition) is 0. The van der Waals surface area contributed by atoms with E-state index in [2.05, 4.69) is 11.8 Å². The Morgan fingerprint density at radius 3 is 2.46 bits per heavy atom. The molecule has 2 rings (SSSR count). The Morgan fingerprint density at radius 1 is 1.21 bits per heavy atom. The summed E-state index contributed by atoms with van der Waals surface area (Å²) in [6.07, 6.45) is 3.16. The van der Waals surface area contributed by atoms with Crippen LogP contribution in [0.5, 0.6) is 5.75 Å². The Balaban J connectivity index is 1.85. The SMILES string of the molecule is CCCN1CCC(N(C)C(=O)COc2cc(Cl)c(Cl)cc2Cl)CC1. The average molecular weight is 394 g/mol. The lowest BCUT2D eigenvalue weighted by atomic mass is 10.0. The van der Waals surface area contributed by atoms with E-state index < -0.39 is 0 Å². The zero-order valence-corrected chi connectivity index (χ0v) is 16.3. The van der Waals surface area contributed by atoms with Crippen molar-refractivity contribution in [1.82, 2.24) is 9.80 Å². The standard InChI is InChI=1S/C17H23Cl3N2O2/c1-3-6-22-7-4-12(5-8-22)21(2)17(23)11-24-16-10-14(19)13(18)9-15(16)20/h9-10,12H,3-8,11H2,1-2H3. The molecule has 4 nitrogen and oxygen atoms in total. The molecule has 1 aromatic rings. The largest absolute Gasteiger partial charge is 0.482 e. The van der Waals surface area contributed by atoms with E-state index in [1.807, 2.05) is 7.05 Å². The highest BCUT2D eigenvalue weighted by Crippen LogP contribution is 2.33. The summed E-state index contributed by atoms with van der Waals surface area (Å²) in [4.78, 5) is 16.6. The van der Waals surface area contributed by atoms with Crippen LogP contribution in [0.15, 0.2) is 12.1 Å². The number of halogens is 3. The molecule has 1 aliphatic rings. The van der Waals surface area contributed by atoms with Gasteiger partial charge in [-0.3, -0.25) is 4.79 Å². The topological polar surface area (TPSA) is 32.8 Å². The minimum atomic E-state index is -0.0661. The second-order valence-electron chi connectivity index (χ2n) is 6.06. The van der Waals surface area contributed by atoms with Gasteiger partial charge in [-0.15, -0.1) is 0 Å². The van der Waals surface area contributed by atoms with E-state index in [9.17, 15) is 4.79 Å². The Morgan fingerprint density at radius 2 is 1.83 bits per heavy atom. The van der Waals surface area contributed by atoms with Crippen molar-refractivity contribution in [3.63, 3.8) is 0 Å². The molecule has 0 bridgehead atoms. The zero-order chi connectivity index (χ0) is 17.7. The average Bonchev–Trinajstić information content (AvgIpc) is 2.57. The maximum absolute atomic E-state index is 12.4. The van der Waals surface area contributed by atoms with Crippen LogP contribution < -0.4 is 4.74 Å². The molecule has 0 saturated carbocycles. The molecular weight excluding hydrogens is 371 g/mol. The molecule has 0 N–H and O–H groups in total. The molecule has 1 amide bonds. The van der Waals surface area contributed by atoms with Gasteiger partial charge in [0.2, 0.25) is 0 Å². The predicted octanol–water partition coefficient (Wildman–Crippen LogP) is 4.36.